The van der Waals surface area contributed by atoms with Crippen LogP contribution >= 0.6 is 0 Å². The van der Waals surface area contributed by atoms with Gasteiger partial charge in [0, 0.05) is 0 Å². The van der Waals surface area contributed by atoms with Gasteiger partial charge in [-0.15, -0.1) is 0 Å². The summed E-state index contributed by atoms with van der Waals surface area (Å²) in [6, 6.07) is 3.73. The molecule has 0 heterocycles. The zero-order valence-electron chi connectivity index (χ0n) is 15.2. The molecule has 0 aliphatic rings. The molecule has 3 heteroatoms. The van der Waals surface area contributed by atoms with Gasteiger partial charge in [0.15, 0.2) is 0 Å². The fourth-order valence-electron chi connectivity index (χ4n) is 2.58. The van der Waals surface area contributed by atoms with E-state index >= 15 is 0 Å². The monoisotopic (exact) mass is 306 g/mol. The SMILES string of the molecule is CCC(C)(C(=O)O)c1cc(C(C)(C)C)c(O)c(C(C)(C)C)c1. The first kappa shape index (κ1) is 18.5. The van der Waals surface area contributed by atoms with Crippen molar-refractivity contribution < 1.29 is 15.0 Å². The molecule has 1 rings (SSSR count). The molecule has 0 aliphatic heterocycles. The van der Waals surface area contributed by atoms with Crippen molar-refractivity contribution in [2.45, 2.75) is 78.1 Å². The van der Waals surface area contributed by atoms with E-state index in [9.17, 15) is 15.0 Å². The number of aromatic hydroxyl groups is 1. The highest BCUT2D eigenvalue weighted by molar-refractivity contribution is 5.81. The standard InChI is InChI=1S/C19H30O3/c1-9-19(8,16(21)22)12-10-13(17(2,3)4)15(20)14(11-12)18(5,6)7/h10-11,20H,9H2,1-8H3,(H,21,22). The summed E-state index contributed by atoms with van der Waals surface area (Å²) in [4.78, 5) is 11.8. The summed E-state index contributed by atoms with van der Waals surface area (Å²) < 4.78 is 0. The lowest BCUT2D eigenvalue weighted by molar-refractivity contribution is -0.143. The van der Waals surface area contributed by atoms with E-state index in [1.54, 1.807) is 6.92 Å². The van der Waals surface area contributed by atoms with E-state index in [0.717, 1.165) is 16.7 Å². The molecule has 0 amide bonds. The minimum atomic E-state index is -0.951. The number of hydrogen-bond acceptors (Lipinski definition) is 2. The number of benzene rings is 1. The first-order valence-corrected chi connectivity index (χ1v) is 7.87. The molecule has 0 aromatic heterocycles. The van der Waals surface area contributed by atoms with Gasteiger partial charge in [-0.25, -0.2) is 0 Å². The summed E-state index contributed by atoms with van der Waals surface area (Å²) in [5.41, 5.74) is 0.899. The summed E-state index contributed by atoms with van der Waals surface area (Å²) in [5, 5.41) is 20.4. The van der Waals surface area contributed by atoms with Crippen LogP contribution in [0.1, 0.15) is 78.5 Å². The molecule has 0 fully saturated rings. The van der Waals surface area contributed by atoms with Crippen LogP contribution in [0.5, 0.6) is 5.75 Å². The van der Waals surface area contributed by atoms with Crippen LogP contribution in [-0.2, 0) is 21.0 Å². The maximum absolute atomic E-state index is 11.8. The van der Waals surface area contributed by atoms with Crippen molar-refractivity contribution in [2.24, 2.45) is 0 Å². The van der Waals surface area contributed by atoms with Crippen LogP contribution in [0.2, 0.25) is 0 Å². The maximum Gasteiger partial charge on any atom is 0.313 e. The number of carboxylic acids is 1. The Kier molecular flexibility index (Phi) is 4.72. The Morgan fingerprint density at radius 1 is 0.955 bits per heavy atom. The molecule has 0 saturated carbocycles. The van der Waals surface area contributed by atoms with E-state index in [1.807, 2.05) is 60.6 Å². The second-order valence-electron chi connectivity index (χ2n) is 8.41. The minimum Gasteiger partial charge on any atom is -0.507 e. The number of phenolic OH excluding ortho intramolecular Hbond substituents is 1. The molecular weight excluding hydrogens is 276 g/mol. The number of rotatable bonds is 3. The van der Waals surface area contributed by atoms with E-state index in [2.05, 4.69) is 0 Å². The Morgan fingerprint density at radius 2 is 1.32 bits per heavy atom. The van der Waals surface area contributed by atoms with Gasteiger partial charge in [0.1, 0.15) is 5.75 Å². The van der Waals surface area contributed by atoms with Gasteiger partial charge < -0.3 is 10.2 Å². The van der Waals surface area contributed by atoms with Crippen molar-refractivity contribution >= 4 is 5.97 Å². The average molecular weight is 306 g/mol. The van der Waals surface area contributed by atoms with Crippen molar-refractivity contribution in [1.82, 2.24) is 0 Å². The summed E-state index contributed by atoms with van der Waals surface area (Å²) in [6.07, 6.45) is 0.500. The van der Waals surface area contributed by atoms with Crippen LogP contribution in [0, 0.1) is 0 Å². The molecular formula is C19H30O3. The minimum absolute atomic E-state index is 0.257. The number of phenols is 1. The van der Waals surface area contributed by atoms with Crippen LogP contribution < -0.4 is 0 Å². The Morgan fingerprint density at radius 3 is 1.55 bits per heavy atom. The van der Waals surface area contributed by atoms with Crippen LogP contribution in [0.4, 0.5) is 0 Å². The van der Waals surface area contributed by atoms with Crippen LogP contribution in [0.3, 0.4) is 0 Å². The van der Waals surface area contributed by atoms with Crippen LogP contribution in [-0.4, -0.2) is 16.2 Å². The first-order chi connectivity index (χ1) is 9.75. The molecule has 0 radical (unpaired) electrons. The van der Waals surface area contributed by atoms with E-state index in [1.165, 1.54) is 0 Å². The quantitative estimate of drug-likeness (QED) is 0.848. The van der Waals surface area contributed by atoms with Gasteiger partial charge in [-0.2, -0.15) is 0 Å². The Hall–Kier alpha value is -1.51. The normalized spacial score (nSPS) is 15.5. The molecule has 0 bridgehead atoms. The lowest BCUT2D eigenvalue weighted by Crippen LogP contribution is -2.32. The highest BCUT2D eigenvalue weighted by Crippen LogP contribution is 2.42. The molecule has 1 atom stereocenters. The van der Waals surface area contributed by atoms with Gasteiger partial charge in [0.25, 0.3) is 0 Å². The van der Waals surface area contributed by atoms with Crippen molar-refractivity contribution in [3.63, 3.8) is 0 Å². The number of carboxylic acid groups (broad SMARTS) is 1. The van der Waals surface area contributed by atoms with E-state index in [0.29, 0.717) is 6.42 Å². The number of aliphatic carboxylic acids is 1. The highest BCUT2D eigenvalue weighted by atomic mass is 16.4. The average Bonchev–Trinajstić information content (AvgIpc) is 2.34. The van der Waals surface area contributed by atoms with Gasteiger partial charge >= 0.3 is 5.97 Å². The molecule has 0 spiro atoms. The molecule has 0 aliphatic carbocycles. The van der Waals surface area contributed by atoms with Crippen LogP contribution in [0.15, 0.2) is 12.1 Å². The zero-order valence-corrected chi connectivity index (χ0v) is 15.2. The highest BCUT2D eigenvalue weighted by Gasteiger charge is 2.36. The zero-order chi connectivity index (χ0) is 17.5. The van der Waals surface area contributed by atoms with Gasteiger partial charge in [-0.1, -0.05) is 60.6 Å². The molecule has 2 N–H and O–H groups in total. The first-order valence-electron chi connectivity index (χ1n) is 7.87. The summed E-state index contributed by atoms with van der Waals surface area (Å²) >= 11 is 0. The Labute approximate surface area is 134 Å². The molecule has 124 valence electrons. The fourth-order valence-corrected chi connectivity index (χ4v) is 2.58. The third kappa shape index (κ3) is 3.29. The number of carbonyl (C=O) groups is 1. The van der Waals surface area contributed by atoms with Gasteiger partial charge in [-0.05, 0) is 40.9 Å². The van der Waals surface area contributed by atoms with Crippen molar-refractivity contribution in [3.05, 3.63) is 28.8 Å². The topological polar surface area (TPSA) is 57.5 Å². The molecule has 0 saturated heterocycles. The maximum atomic E-state index is 11.8. The molecule has 22 heavy (non-hydrogen) atoms. The van der Waals surface area contributed by atoms with E-state index < -0.39 is 11.4 Å². The largest absolute Gasteiger partial charge is 0.507 e. The van der Waals surface area contributed by atoms with E-state index in [4.69, 9.17) is 0 Å². The second-order valence-corrected chi connectivity index (χ2v) is 8.41. The number of hydrogen-bond donors (Lipinski definition) is 2. The smallest absolute Gasteiger partial charge is 0.313 e. The molecule has 1 aromatic rings. The fraction of sp³-hybridized carbons (Fsp3) is 0.632. The van der Waals surface area contributed by atoms with Crippen molar-refractivity contribution in [1.29, 1.82) is 0 Å². The lowest BCUT2D eigenvalue weighted by atomic mass is 9.72. The predicted molar refractivity (Wildman–Crippen MR) is 90.8 cm³/mol. The third-order valence-corrected chi connectivity index (χ3v) is 4.54. The van der Waals surface area contributed by atoms with E-state index in [-0.39, 0.29) is 16.6 Å². The lowest BCUT2D eigenvalue weighted by Gasteiger charge is -2.32. The molecule has 1 unspecified atom stereocenters. The predicted octanol–water partition coefficient (Wildman–Crippen LogP) is 4.74. The van der Waals surface area contributed by atoms with Crippen LogP contribution in [0.25, 0.3) is 0 Å². The van der Waals surface area contributed by atoms with Gasteiger partial charge in [0.05, 0.1) is 5.41 Å². The van der Waals surface area contributed by atoms with Gasteiger partial charge in [-0.3, -0.25) is 4.79 Å². The van der Waals surface area contributed by atoms with Crippen molar-refractivity contribution in [2.75, 3.05) is 0 Å². The van der Waals surface area contributed by atoms with Gasteiger partial charge in [0.2, 0.25) is 0 Å². The third-order valence-electron chi connectivity index (χ3n) is 4.54. The summed E-state index contributed by atoms with van der Waals surface area (Å²) in [5.74, 6) is -0.548. The second kappa shape index (κ2) is 5.60. The Bertz CT molecular complexity index is 538. The molecule has 1 aromatic carbocycles. The summed E-state index contributed by atoms with van der Waals surface area (Å²) in [6.45, 7) is 15.8. The summed E-state index contributed by atoms with van der Waals surface area (Å²) in [7, 11) is 0. The Balaban J connectivity index is 3.80. The molecule has 3 nitrogen and oxygen atoms in total. The van der Waals surface area contributed by atoms with Crippen molar-refractivity contribution in [3.8, 4) is 5.75 Å².